The number of esters is 1. The van der Waals surface area contributed by atoms with Gasteiger partial charge in [0.1, 0.15) is 0 Å². The summed E-state index contributed by atoms with van der Waals surface area (Å²) < 4.78 is 9.26. The number of hydrogen-bond donors (Lipinski definition) is 1. The number of nitrogens with two attached hydrogens (primary N) is 1. The minimum Gasteiger partial charge on any atom is -0.472 e. The Balaban J connectivity index is 0. The fraction of sp³-hybridized carbons (Fsp3) is 0.700. The molecule has 7 heteroatoms. The molecule has 0 rings (SSSR count). The van der Waals surface area contributed by atoms with Crippen molar-refractivity contribution >= 4 is 40.8 Å². The van der Waals surface area contributed by atoms with E-state index in [9.17, 15) is 4.79 Å². The molecule has 0 atom stereocenters. The number of hydrogen-bond acceptors (Lipinski definition) is 5. The van der Waals surface area contributed by atoms with Crippen LogP contribution in [-0.2, 0) is 14.3 Å². The molecule has 17 heavy (non-hydrogen) atoms. The molecule has 0 amide bonds. The third-order valence-corrected chi connectivity index (χ3v) is 2.00. The van der Waals surface area contributed by atoms with Gasteiger partial charge < -0.3 is 20.1 Å². The van der Waals surface area contributed by atoms with Gasteiger partial charge in [0.25, 0.3) is 10.3 Å². The minimum absolute atomic E-state index is 0.123. The number of carbonyl (C=O) groups excluding carboxylic acids is 1. The summed E-state index contributed by atoms with van der Waals surface area (Å²) >= 11 is 9.18. The fourth-order valence-electron chi connectivity index (χ4n) is 0.812. The van der Waals surface area contributed by atoms with E-state index in [1.165, 1.54) is 6.92 Å². The number of rotatable bonds is 3. The van der Waals surface area contributed by atoms with Gasteiger partial charge in [-0.3, -0.25) is 4.79 Å². The number of ether oxygens (including phenoxy) is 2. The van der Waals surface area contributed by atoms with Crippen LogP contribution in [0.4, 0.5) is 0 Å². The zero-order valence-electron chi connectivity index (χ0n) is 10.7. The molecule has 0 unspecified atom stereocenters. The highest BCUT2D eigenvalue weighted by Gasteiger charge is 2.07. The second kappa shape index (κ2) is 11.5. The van der Waals surface area contributed by atoms with Gasteiger partial charge in [-0.25, -0.2) is 0 Å². The van der Waals surface area contributed by atoms with Gasteiger partial charge in [-0.15, -0.1) is 0 Å². The van der Waals surface area contributed by atoms with Crippen LogP contribution in [0.5, 0.6) is 0 Å². The van der Waals surface area contributed by atoms with Gasteiger partial charge in [-0.05, 0) is 45.2 Å². The molecule has 0 bridgehead atoms. The maximum Gasteiger partial charge on any atom is 0.309 e. The maximum atomic E-state index is 10.5. The van der Waals surface area contributed by atoms with Gasteiger partial charge in [0.15, 0.2) is 0 Å². The molecule has 0 aliphatic carbocycles. The number of nitrogens with zero attached hydrogens (tertiary/aromatic N) is 1. The highest BCUT2D eigenvalue weighted by atomic mass is 32.1. The molecular formula is C10H20N2O3S2. The molecule has 0 heterocycles. The van der Waals surface area contributed by atoms with Crippen molar-refractivity contribution in [3.8, 4) is 0 Å². The standard InChI is InChI=1S/C7H13NO2S.C3H7NOS/c1-4-8(5-2)7(11)10-6(3)9;1-2-5-3(4)6/h4-5H2,1-3H3;2H2,1H3,(H2,4,6). The van der Waals surface area contributed by atoms with Crippen LogP contribution >= 0.6 is 24.4 Å². The summed E-state index contributed by atoms with van der Waals surface area (Å²) in [4.78, 5) is 12.3. The SMILES string of the molecule is CCN(CC)C(=S)OC(C)=O.CCOC(N)=S. The van der Waals surface area contributed by atoms with Crippen molar-refractivity contribution in [2.24, 2.45) is 5.73 Å². The summed E-state index contributed by atoms with van der Waals surface area (Å²) in [5.41, 5.74) is 4.91. The van der Waals surface area contributed by atoms with Crippen molar-refractivity contribution in [3.63, 3.8) is 0 Å². The van der Waals surface area contributed by atoms with Crippen molar-refractivity contribution in [2.45, 2.75) is 27.7 Å². The topological polar surface area (TPSA) is 64.8 Å². The molecule has 100 valence electrons. The second-order valence-electron chi connectivity index (χ2n) is 2.78. The van der Waals surface area contributed by atoms with Crippen LogP contribution in [0, 0.1) is 0 Å². The van der Waals surface area contributed by atoms with E-state index >= 15 is 0 Å². The lowest BCUT2D eigenvalue weighted by molar-refractivity contribution is -0.133. The quantitative estimate of drug-likeness (QED) is 0.620. The summed E-state index contributed by atoms with van der Waals surface area (Å²) in [5, 5.41) is 0.389. The molecule has 0 spiro atoms. The Morgan fingerprint density at radius 3 is 1.88 bits per heavy atom. The smallest absolute Gasteiger partial charge is 0.309 e. The van der Waals surface area contributed by atoms with Crippen LogP contribution in [0.3, 0.4) is 0 Å². The first kappa shape index (κ1) is 18.4. The van der Waals surface area contributed by atoms with Gasteiger partial charge in [0, 0.05) is 20.0 Å². The Kier molecular flexibility index (Phi) is 12.5. The van der Waals surface area contributed by atoms with Crippen molar-refractivity contribution in [2.75, 3.05) is 19.7 Å². The maximum absolute atomic E-state index is 10.5. The van der Waals surface area contributed by atoms with Crippen LogP contribution in [0.25, 0.3) is 0 Å². The highest BCUT2D eigenvalue weighted by Crippen LogP contribution is 1.93. The van der Waals surface area contributed by atoms with Crippen molar-refractivity contribution in [3.05, 3.63) is 0 Å². The Morgan fingerprint density at radius 2 is 1.71 bits per heavy atom. The van der Waals surface area contributed by atoms with E-state index in [-0.39, 0.29) is 16.3 Å². The molecule has 0 aromatic carbocycles. The molecule has 5 nitrogen and oxygen atoms in total. The van der Waals surface area contributed by atoms with E-state index in [4.69, 9.17) is 22.7 Å². The molecule has 2 N–H and O–H groups in total. The Bertz CT molecular complexity index is 256. The molecule has 0 aromatic heterocycles. The van der Waals surface area contributed by atoms with Gasteiger partial charge in [-0.2, -0.15) is 0 Å². The Hall–Kier alpha value is -0.950. The first-order chi connectivity index (χ1) is 7.88. The highest BCUT2D eigenvalue weighted by molar-refractivity contribution is 7.80. The van der Waals surface area contributed by atoms with E-state index < -0.39 is 0 Å². The lowest BCUT2D eigenvalue weighted by atomic mass is 10.6. The molecule has 0 saturated carbocycles. The third-order valence-electron chi connectivity index (χ3n) is 1.54. The summed E-state index contributed by atoms with van der Waals surface area (Å²) in [6.45, 7) is 9.19. The van der Waals surface area contributed by atoms with Gasteiger partial charge >= 0.3 is 5.97 Å². The largest absolute Gasteiger partial charge is 0.472 e. The first-order valence-electron chi connectivity index (χ1n) is 5.28. The van der Waals surface area contributed by atoms with Crippen LogP contribution in [0.15, 0.2) is 0 Å². The van der Waals surface area contributed by atoms with Crippen molar-refractivity contribution in [1.29, 1.82) is 0 Å². The number of thiocarbonyl (C=S) groups is 2. The third kappa shape index (κ3) is 13.0. The van der Waals surface area contributed by atoms with Gasteiger partial charge in [-0.1, -0.05) is 0 Å². The molecule has 0 aliphatic rings. The Morgan fingerprint density at radius 1 is 1.24 bits per heavy atom. The lowest BCUT2D eigenvalue weighted by Gasteiger charge is -2.19. The molecular weight excluding hydrogens is 260 g/mol. The minimum atomic E-state index is -0.359. The predicted octanol–water partition coefficient (Wildman–Crippen LogP) is 1.44. The molecule has 0 radical (unpaired) electrons. The zero-order chi connectivity index (χ0) is 13.8. The number of carbonyl (C=O) groups is 1. The Labute approximate surface area is 113 Å². The van der Waals surface area contributed by atoms with Gasteiger partial charge in [0.2, 0.25) is 0 Å². The second-order valence-corrected chi connectivity index (χ2v) is 3.54. The van der Waals surface area contributed by atoms with E-state index in [1.807, 2.05) is 20.8 Å². The van der Waals surface area contributed by atoms with E-state index in [1.54, 1.807) is 4.90 Å². The summed E-state index contributed by atoms with van der Waals surface area (Å²) in [7, 11) is 0. The fourth-order valence-corrected chi connectivity index (χ4v) is 1.30. The van der Waals surface area contributed by atoms with E-state index in [2.05, 4.69) is 17.0 Å². The monoisotopic (exact) mass is 280 g/mol. The van der Waals surface area contributed by atoms with Crippen molar-refractivity contribution in [1.82, 2.24) is 4.90 Å². The van der Waals surface area contributed by atoms with Crippen LogP contribution in [-0.4, -0.2) is 40.9 Å². The van der Waals surface area contributed by atoms with Crippen molar-refractivity contribution < 1.29 is 14.3 Å². The first-order valence-corrected chi connectivity index (χ1v) is 6.10. The average molecular weight is 280 g/mol. The van der Waals surface area contributed by atoms with Crippen LogP contribution in [0.2, 0.25) is 0 Å². The molecule has 0 saturated heterocycles. The van der Waals surface area contributed by atoms with Gasteiger partial charge in [0.05, 0.1) is 6.61 Å². The van der Waals surface area contributed by atoms with Crippen LogP contribution < -0.4 is 5.73 Å². The molecule has 0 aromatic rings. The summed E-state index contributed by atoms with van der Waals surface area (Å²) in [5.74, 6) is -0.359. The van der Waals surface area contributed by atoms with E-state index in [0.29, 0.717) is 6.61 Å². The van der Waals surface area contributed by atoms with E-state index in [0.717, 1.165) is 13.1 Å². The van der Waals surface area contributed by atoms with Crippen LogP contribution in [0.1, 0.15) is 27.7 Å². The average Bonchev–Trinajstić information content (AvgIpc) is 2.18. The molecule has 0 fully saturated rings. The lowest BCUT2D eigenvalue weighted by Crippen LogP contribution is -2.31. The predicted molar refractivity (Wildman–Crippen MR) is 75.7 cm³/mol. The molecule has 0 aliphatic heterocycles. The summed E-state index contributed by atoms with van der Waals surface area (Å²) in [6, 6.07) is 0. The zero-order valence-corrected chi connectivity index (χ0v) is 12.3. The normalized spacial score (nSPS) is 8.47. The summed E-state index contributed by atoms with van der Waals surface area (Å²) in [6.07, 6.45) is 0.